The minimum Gasteiger partial charge on any atom is -0.491 e. The first-order valence-corrected chi connectivity index (χ1v) is 7.99. The maximum atomic E-state index is 12.2. The van der Waals surface area contributed by atoms with E-state index >= 15 is 0 Å². The molecule has 0 bridgehead atoms. The van der Waals surface area contributed by atoms with Crippen molar-refractivity contribution >= 4 is 23.3 Å². The van der Waals surface area contributed by atoms with Crippen molar-refractivity contribution < 1.29 is 9.53 Å². The number of nitrogens with one attached hydrogen (secondary N) is 2. The fourth-order valence-corrected chi connectivity index (χ4v) is 2.48. The zero-order valence-electron chi connectivity index (χ0n) is 13.5. The zero-order chi connectivity index (χ0) is 17.6. The van der Waals surface area contributed by atoms with Crippen molar-refractivity contribution in [1.29, 1.82) is 0 Å². The predicted molar refractivity (Wildman–Crippen MR) is 94.6 cm³/mol. The number of anilines is 1. The summed E-state index contributed by atoms with van der Waals surface area (Å²) in [5.74, 6) is 0.641. The number of methoxy groups -OCH3 is 1. The van der Waals surface area contributed by atoms with Gasteiger partial charge in [-0.1, -0.05) is 23.7 Å². The first-order valence-electron chi connectivity index (χ1n) is 7.61. The Kier molecular flexibility index (Phi) is 5.25. The van der Waals surface area contributed by atoms with E-state index < -0.39 is 0 Å². The Morgan fingerprint density at radius 1 is 1.24 bits per heavy atom. The molecule has 0 atom stereocenters. The third-order valence-electron chi connectivity index (χ3n) is 3.61. The van der Waals surface area contributed by atoms with Gasteiger partial charge in [0.05, 0.1) is 19.5 Å². The fraction of sp³-hybridized carbons (Fsp3) is 0.176. The van der Waals surface area contributed by atoms with Crippen LogP contribution in [-0.2, 0) is 11.2 Å². The van der Waals surface area contributed by atoms with E-state index in [0.29, 0.717) is 35.1 Å². The molecule has 1 amide bonds. The molecule has 0 saturated carbocycles. The number of rotatable bonds is 6. The Morgan fingerprint density at radius 3 is 2.72 bits per heavy atom. The van der Waals surface area contributed by atoms with E-state index in [1.807, 2.05) is 12.1 Å². The van der Waals surface area contributed by atoms with Gasteiger partial charge < -0.3 is 10.1 Å². The molecule has 0 radical (unpaired) electrons. The highest BCUT2D eigenvalue weighted by atomic mass is 35.5. The van der Waals surface area contributed by atoms with Crippen molar-refractivity contribution in [3.05, 3.63) is 53.3 Å². The average Bonchev–Trinajstić information content (AvgIpc) is 3.04. The number of aromatic nitrogens is 4. The normalized spacial score (nSPS) is 10.5. The highest BCUT2D eigenvalue weighted by Gasteiger charge is 2.17. The van der Waals surface area contributed by atoms with Gasteiger partial charge in [0.2, 0.25) is 5.91 Å². The van der Waals surface area contributed by atoms with Crippen LogP contribution in [0.2, 0.25) is 5.02 Å². The number of aromatic amines is 1. The lowest BCUT2D eigenvalue weighted by Gasteiger charge is -2.06. The largest absolute Gasteiger partial charge is 0.491 e. The van der Waals surface area contributed by atoms with E-state index in [4.69, 9.17) is 16.3 Å². The second kappa shape index (κ2) is 7.76. The second-order valence-electron chi connectivity index (χ2n) is 5.29. The first kappa shape index (κ1) is 16.9. The third-order valence-corrected chi connectivity index (χ3v) is 3.86. The molecule has 3 aromatic rings. The number of ether oxygens (including phenoxy) is 1. The summed E-state index contributed by atoms with van der Waals surface area (Å²) in [5, 5.41) is 18.0. The number of hydrogen-bond donors (Lipinski definition) is 2. The summed E-state index contributed by atoms with van der Waals surface area (Å²) in [5.41, 5.74) is 2.43. The summed E-state index contributed by atoms with van der Waals surface area (Å²) in [6.07, 6.45) is 4.09. The molecule has 128 valence electrons. The number of amides is 1. The van der Waals surface area contributed by atoms with Crippen LogP contribution in [-0.4, -0.2) is 33.4 Å². The van der Waals surface area contributed by atoms with E-state index in [0.717, 1.165) is 11.1 Å². The van der Waals surface area contributed by atoms with Crippen molar-refractivity contribution in [3.63, 3.8) is 0 Å². The van der Waals surface area contributed by atoms with E-state index in [1.165, 1.54) is 7.11 Å². The number of carbonyl (C=O) groups is 1. The molecular formula is C17H16ClN5O2. The molecular weight excluding hydrogens is 342 g/mol. The van der Waals surface area contributed by atoms with Gasteiger partial charge in [-0.05, 0) is 30.2 Å². The molecule has 0 aliphatic rings. The maximum Gasteiger partial charge on any atom is 0.226 e. The number of carbonyl (C=O) groups excluding carboxylic acids is 1. The van der Waals surface area contributed by atoms with Crippen LogP contribution >= 0.6 is 11.6 Å². The van der Waals surface area contributed by atoms with E-state index in [1.54, 1.807) is 30.6 Å². The number of aryl methyl sites for hydroxylation is 1. The van der Waals surface area contributed by atoms with Gasteiger partial charge in [-0.15, -0.1) is 0 Å². The van der Waals surface area contributed by atoms with Crippen LogP contribution in [0, 0.1) is 0 Å². The summed E-state index contributed by atoms with van der Waals surface area (Å²) in [7, 11) is 1.52. The lowest BCUT2D eigenvalue weighted by molar-refractivity contribution is -0.116. The van der Waals surface area contributed by atoms with Crippen LogP contribution in [0.3, 0.4) is 0 Å². The van der Waals surface area contributed by atoms with Gasteiger partial charge >= 0.3 is 0 Å². The number of benzene rings is 1. The van der Waals surface area contributed by atoms with Gasteiger partial charge in [0, 0.05) is 17.0 Å². The molecule has 2 N–H and O–H groups in total. The molecule has 0 saturated heterocycles. The van der Waals surface area contributed by atoms with Crippen molar-refractivity contribution in [2.45, 2.75) is 12.8 Å². The Hall–Kier alpha value is -2.93. The molecule has 0 fully saturated rings. The lowest BCUT2D eigenvalue weighted by atomic mass is 10.1. The SMILES string of the molecule is COc1c(NC(=O)CCc2ccc(Cl)cc2)n[nH]c1-c1ccnnc1. The van der Waals surface area contributed by atoms with E-state index in [-0.39, 0.29) is 5.91 Å². The Morgan fingerprint density at radius 2 is 2.04 bits per heavy atom. The summed E-state index contributed by atoms with van der Waals surface area (Å²) in [4.78, 5) is 12.2. The number of halogens is 1. The molecule has 0 spiro atoms. The summed E-state index contributed by atoms with van der Waals surface area (Å²) >= 11 is 5.85. The minimum absolute atomic E-state index is 0.154. The quantitative estimate of drug-likeness (QED) is 0.707. The minimum atomic E-state index is -0.154. The van der Waals surface area contributed by atoms with Gasteiger partial charge in [0.15, 0.2) is 11.6 Å². The summed E-state index contributed by atoms with van der Waals surface area (Å²) in [6.45, 7) is 0. The summed E-state index contributed by atoms with van der Waals surface area (Å²) < 4.78 is 5.38. The van der Waals surface area contributed by atoms with Gasteiger partial charge in [0.25, 0.3) is 0 Å². The van der Waals surface area contributed by atoms with Crippen molar-refractivity contribution in [2.75, 3.05) is 12.4 Å². The second-order valence-corrected chi connectivity index (χ2v) is 5.72. The molecule has 1 aromatic carbocycles. The Labute approximate surface area is 149 Å². The highest BCUT2D eigenvalue weighted by Crippen LogP contribution is 2.33. The van der Waals surface area contributed by atoms with E-state index in [9.17, 15) is 4.79 Å². The van der Waals surface area contributed by atoms with Crippen LogP contribution < -0.4 is 10.1 Å². The van der Waals surface area contributed by atoms with Gasteiger partial charge in [-0.3, -0.25) is 9.89 Å². The van der Waals surface area contributed by atoms with Crippen LogP contribution in [0.5, 0.6) is 5.75 Å². The van der Waals surface area contributed by atoms with Gasteiger partial charge in [0.1, 0.15) is 5.69 Å². The van der Waals surface area contributed by atoms with E-state index in [2.05, 4.69) is 25.7 Å². The van der Waals surface area contributed by atoms with Crippen molar-refractivity contribution in [3.8, 4) is 17.0 Å². The van der Waals surface area contributed by atoms with Crippen molar-refractivity contribution in [2.24, 2.45) is 0 Å². The number of nitrogens with zero attached hydrogens (tertiary/aromatic N) is 3. The van der Waals surface area contributed by atoms with Crippen LogP contribution in [0.25, 0.3) is 11.3 Å². The third kappa shape index (κ3) is 4.13. The van der Waals surface area contributed by atoms with Gasteiger partial charge in [-0.25, -0.2) is 0 Å². The topological polar surface area (TPSA) is 92.8 Å². The zero-order valence-corrected chi connectivity index (χ0v) is 14.2. The molecule has 0 unspecified atom stereocenters. The molecule has 3 rings (SSSR count). The molecule has 2 heterocycles. The van der Waals surface area contributed by atoms with Gasteiger partial charge in [-0.2, -0.15) is 15.3 Å². The lowest BCUT2D eigenvalue weighted by Crippen LogP contribution is -2.13. The molecule has 0 aliphatic heterocycles. The van der Waals surface area contributed by atoms with Crippen LogP contribution in [0.1, 0.15) is 12.0 Å². The Bertz CT molecular complexity index is 849. The standard InChI is InChI=1S/C17H16ClN5O2/c1-25-16-15(12-8-9-19-20-10-12)22-23-17(16)21-14(24)7-4-11-2-5-13(18)6-3-11/h2-3,5-6,8-10H,4,7H2,1H3,(H2,21,22,23,24). The fourth-order valence-electron chi connectivity index (χ4n) is 2.35. The molecule has 0 aliphatic carbocycles. The number of hydrogen-bond acceptors (Lipinski definition) is 5. The molecule has 8 heteroatoms. The average molecular weight is 358 g/mol. The summed E-state index contributed by atoms with van der Waals surface area (Å²) in [6, 6.07) is 9.19. The predicted octanol–water partition coefficient (Wildman–Crippen LogP) is 3.10. The van der Waals surface area contributed by atoms with Crippen molar-refractivity contribution in [1.82, 2.24) is 20.4 Å². The first-order chi connectivity index (χ1) is 12.2. The monoisotopic (exact) mass is 357 g/mol. The smallest absolute Gasteiger partial charge is 0.226 e. The maximum absolute atomic E-state index is 12.2. The molecule has 2 aromatic heterocycles. The Balaban J connectivity index is 1.67. The number of H-pyrrole nitrogens is 1. The molecule has 7 nitrogen and oxygen atoms in total. The molecule has 25 heavy (non-hydrogen) atoms. The van der Waals surface area contributed by atoms with Crippen LogP contribution in [0.15, 0.2) is 42.7 Å². The highest BCUT2D eigenvalue weighted by molar-refractivity contribution is 6.30. The van der Waals surface area contributed by atoms with Crippen LogP contribution in [0.4, 0.5) is 5.82 Å².